The Morgan fingerprint density at radius 2 is 1.56 bits per heavy atom. The Labute approximate surface area is 162 Å². The second kappa shape index (κ2) is 8.55. The van der Waals surface area contributed by atoms with Crippen molar-refractivity contribution < 1.29 is 14.4 Å². The monoisotopic (exact) mass is 373 g/mol. The molecule has 6 nitrogen and oxygen atoms in total. The maximum absolute atomic E-state index is 12.9. The van der Waals surface area contributed by atoms with E-state index in [2.05, 4.69) is 0 Å². The van der Waals surface area contributed by atoms with Gasteiger partial charge < -0.3 is 4.90 Å². The van der Waals surface area contributed by atoms with Crippen molar-refractivity contribution in [2.24, 2.45) is 11.8 Å². The van der Waals surface area contributed by atoms with Gasteiger partial charge in [-0.05, 0) is 37.8 Å². The van der Waals surface area contributed by atoms with E-state index in [0.29, 0.717) is 30.6 Å². The summed E-state index contributed by atoms with van der Waals surface area (Å²) >= 11 is 0. The van der Waals surface area contributed by atoms with Gasteiger partial charge in [0.2, 0.25) is 5.91 Å². The topological polar surface area (TPSA) is 60.9 Å². The van der Waals surface area contributed by atoms with Gasteiger partial charge in [-0.25, -0.2) is 4.79 Å². The van der Waals surface area contributed by atoms with Crippen molar-refractivity contribution in [1.29, 1.82) is 0 Å². The smallest absolute Gasteiger partial charge is 0.332 e. The van der Waals surface area contributed by atoms with E-state index in [-0.39, 0.29) is 18.4 Å². The van der Waals surface area contributed by atoms with Crippen LogP contribution < -0.4 is 4.90 Å². The predicted octanol–water partition coefficient (Wildman–Crippen LogP) is 3.29. The van der Waals surface area contributed by atoms with Crippen LogP contribution in [0.1, 0.15) is 40.2 Å². The number of aryl methyl sites for hydroxylation is 1. The molecule has 1 aromatic carbocycles. The summed E-state index contributed by atoms with van der Waals surface area (Å²) in [6, 6.07) is 6.41. The highest BCUT2D eigenvalue weighted by molar-refractivity contribution is 6.15. The van der Waals surface area contributed by atoms with Crippen LogP contribution in [-0.4, -0.2) is 53.3 Å². The van der Waals surface area contributed by atoms with E-state index in [1.807, 2.05) is 58.9 Å². The van der Waals surface area contributed by atoms with Crippen LogP contribution in [0.4, 0.5) is 10.5 Å². The van der Waals surface area contributed by atoms with Gasteiger partial charge in [0.25, 0.3) is 5.91 Å². The minimum Gasteiger partial charge on any atom is -0.341 e. The molecule has 0 N–H and O–H groups in total. The van der Waals surface area contributed by atoms with Crippen LogP contribution in [0.25, 0.3) is 0 Å². The van der Waals surface area contributed by atoms with Crippen molar-refractivity contribution in [2.75, 3.05) is 24.5 Å². The number of hydrogen-bond acceptors (Lipinski definition) is 3. The Kier molecular flexibility index (Phi) is 6.63. The average Bonchev–Trinajstić information content (AvgIpc) is 2.78. The lowest BCUT2D eigenvalue weighted by Gasteiger charge is -2.28. The Bertz CT molecular complexity index is 687. The molecule has 1 aliphatic rings. The zero-order chi connectivity index (χ0) is 20.3. The molecule has 0 saturated carbocycles. The summed E-state index contributed by atoms with van der Waals surface area (Å²) in [6.45, 7) is 12.9. The maximum Gasteiger partial charge on any atom is 0.332 e. The number of urea groups is 1. The van der Waals surface area contributed by atoms with Crippen molar-refractivity contribution in [2.45, 2.75) is 47.6 Å². The fourth-order valence-corrected chi connectivity index (χ4v) is 3.31. The molecule has 1 aliphatic heterocycles. The zero-order valence-corrected chi connectivity index (χ0v) is 17.2. The molecule has 1 atom stereocenters. The second-order valence-electron chi connectivity index (χ2n) is 8.17. The first-order valence-corrected chi connectivity index (χ1v) is 9.60. The van der Waals surface area contributed by atoms with Crippen molar-refractivity contribution >= 4 is 23.5 Å². The fraction of sp³-hybridized carbons (Fsp3) is 0.571. The Hall–Kier alpha value is -2.37. The molecule has 4 amide bonds. The molecule has 1 fully saturated rings. The molecule has 6 heteroatoms. The van der Waals surface area contributed by atoms with Crippen LogP contribution >= 0.6 is 0 Å². The Morgan fingerprint density at radius 3 is 2.04 bits per heavy atom. The van der Waals surface area contributed by atoms with Crippen molar-refractivity contribution in [3.63, 3.8) is 0 Å². The van der Waals surface area contributed by atoms with Crippen molar-refractivity contribution in [1.82, 2.24) is 9.80 Å². The third-order valence-electron chi connectivity index (χ3n) is 4.58. The zero-order valence-electron chi connectivity index (χ0n) is 17.2. The molecule has 0 spiro atoms. The summed E-state index contributed by atoms with van der Waals surface area (Å²) < 4.78 is 0. The van der Waals surface area contributed by atoms with Crippen LogP contribution in [0.15, 0.2) is 24.3 Å². The molecule has 2 rings (SSSR count). The van der Waals surface area contributed by atoms with Crippen LogP contribution in [0.3, 0.4) is 0 Å². The largest absolute Gasteiger partial charge is 0.341 e. The first-order chi connectivity index (χ1) is 12.6. The Balaban J connectivity index is 2.17. The van der Waals surface area contributed by atoms with Gasteiger partial charge in [-0.2, -0.15) is 0 Å². The lowest BCUT2D eigenvalue weighted by Crippen LogP contribution is -2.45. The van der Waals surface area contributed by atoms with E-state index in [9.17, 15) is 14.4 Å². The molecule has 0 bridgehead atoms. The molecule has 148 valence electrons. The minimum absolute atomic E-state index is 0.183. The molecule has 27 heavy (non-hydrogen) atoms. The average molecular weight is 373 g/mol. The fourth-order valence-electron chi connectivity index (χ4n) is 3.31. The van der Waals surface area contributed by atoms with Gasteiger partial charge in [0.05, 0.1) is 0 Å². The first kappa shape index (κ1) is 20.9. The summed E-state index contributed by atoms with van der Waals surface area (Å²) in [5, 5.41) is 0. The van der Waals surface area contributed by atoms with Gasteiger partial charge >= 0.3 is 6.03 Å². The standard InChI is InChI=1S/C21H31N3O3/c1-14(2)11-22(12-15(3)4)19(25)13-23-20(26)17(6)24(21(23)27)18-9-7-16(5)8-10-18/h7-10,14-15,17H,11-13H2,1-6H3/t17-/m1/s1. The van der Waals surface area contributed by atoms with Crippen LogP contribution in [0, 0.1) is 18.8 Å². The molecular formula is C21H31N3O3. The highest BCUT2D eigenvalue weighted by Crippen LogP contribution is 2.26. The summed E-state index contributed by atoms with van der Waals surface area (Å²) in [5.41, 5.74) is 1.75. The molecular weight excluding hydrogens is 342 g/mol. The summed E-state index contributed by atoms with van der Waals surface area (Å²) in [6.07, 6.45) is 0. The van der Waals surface area contributed by atoms with Gasteiger partial charge in [0.15, 0.2) is 0 Å². The Morgan fingerprint density at radius 1 is 1.04 bits per heavy atom. The van der Waals surface area contributed by atoms with Gasteiger partial charge in [0.1, 0.15) is 12.6 Å². The van der Waals surface area contributed by atoms with Crippen LogP contribution in [0.5, 0.6) is 0 Å². The number of imide groups is 1. The third-order valence-corrected chi connectivity index (χ3v) is 4.58. The van der Waals surface area contributed by atoms with Gasteiger partial charge in [0, 0.05) is 18.8 Å². The van der Waals surface area contributed by atoms with Gasteiger partial charge in [-0.3, -0.25) is 19.4 Å². The summed E-state index contributed by atoms with van der Waals surface area (Å²) in [4.78, 5) is 42.7. The molecule has 0 unspecified atom stereocenters. The number of carbonyl (C=O) groups excluding carboxylic acids is 3. The number of nitrogens with zero attached hydrogens (tertiary/aromatic N) is 3. The highest BCUT2D eigenvalue weighted by atomic mass is 16.2. The lowest BCUT2D eigenvalue weighted by atomic mass is 10.1. The van der Waals surface area contributed by atoms with Crippen LogP contribution in [0.2, 0.25) is 0 Å². The van der Waals surface area contributed by atoms with Crippen molar-refractivity contribution in [3.8, 4) is 0 Å². The number of anilines is 1. The number of carbonyl (C=O) groups is 3. The number of rotatable bonds is 7. The number of hydrogen-bond donors (Lipinski definition) is 0. The number of amides is 4. The highest BCUT2D eigenvalue weighted by Gasteiger charge is 2.44. The minimum atomic E-state index is -0.614. The predicted molar refractivity (Wildman–Crippen MR) is 106 cm³/mol. The van der Waals surface area contributed by atoms with E-state index in [1.165, 1.54) is 4.90 Å². The van der Waals surface area contributed by atoms with E-state index in [1.54, 1.807) is 11.8 Å². The molecule has 0 aliphatic carbocycles. The second-order valence-corrected chi connectivity index (χ2v) is 8.17. The van der Waals surface area contributed by atoms with E-state index < -0.39 is 12.1 Å². The lowest BCUT2D eigenvalue weighted by molar-refractivity contribution is -0.137. The number of benzene rings is 1. The van der Waals surface area contributed by atoms with Gasteiger partial charge in [-0.1, -0.05) is 45.4 Å². The van der Waals surface area contributed by atoms with Gasteiger partial charge in [-0.15, -0.1) is 0 Å². The summed E-state index contributed by atoms with van der Waals surface area (Å²) in [5.74, 6) is 0.126. The SMILES string of the molecule is Cc1ccc(N2C(=O)N(CC(=O)N(CC(C)C)CC(C)C)C(=O)[C@H]2C)cc1. The summed E-state index contributed by atoms with van der Waals surface area (Å²) in [7, 11) is 0. The molecule has 1 aromatic rings. The third kappa shape index (κ3) is 4.87. The maximum atomic E-state index is 12.9. The first-order valence-electron chi connectivity index (χ1n) is 9.60. The quantitative estimate of drug-likeness (QED) is 0.689. The van der Waals surface area contributed by atoms with E-state index in [0.717, 1.165) is 10.5 Å². The van der Waals surface area contributed by atoms with Crippen molar-refractivity contribution in [3.05, 3.63) is 29.8 Å². The molecule has 0 aromatic heterocycles. The normalized spacial score (nSPS) is 17.4. The molecule has 1 heterocycles. The van der Waals surface area contributed by atoms with E-state index >= 15 is 0 Å². The van der Waals surface area contributed by atoms with E-state index in [4.69, 9.17) is 0 Å². The molecule has 1 saturated heterocycles. The van der Waals surface area contributed by atoms with Crippen LogP contribution in [-0.2, 0) is 9.59 Å². The molecule has 0 radical (unpaired) electrons.